The number of nitrogens with two attached hydrogens (primary N) is 1. The van der Waals surface area contributed by atoms with E-state index in [0.717, 1.165) is 24.0 Å². The summed E-state index contributed by atoms with van der Waals surface area (Å²) >= 11 is 0. The highest BCUT2D eigenvalue weighted by Crippen LogP contribution is 2.08. The molecule has 0 fully saturated rings. The van der Waals surface area contributed by atoms with E-state index >= 15 is 0 Å². The predicted octanol–water partition coefficient (Wildman–Crippen LogP) is 3.37. The van der Waals surface area contributed by atoms with Crippen molar-refractivity contribution >= 4 is 0 Å². The second-order valence-corrected chi connectivity index (χ2v) is 4.69. The summed E-state index contributed by atoms with van der Waals surface area (Å²) in [5, 5.41) is 0. The molecule has 0 bridgehead atoms. The summed E-state index contributed by atoms with van der Waals surface area (Å²) in [4.78, 5) is 0. The lowest BCUT2D eigenvalue weighted by molar-refractivity contribution is 0.646. The zero-order valence-electron chi connectivity index (χ0n) is 11.3. The van der Waals surface area contributed by atoms with E-state index in [1.165, 1.54) is 5.56 Å². The van der Waals surface area contributed by atoms with Gasteiger partial charge in [0, 0.05) is 17.2 Å². The topological polar surface area (TPSA) is 26.0 Å². The van der Waals surface area contributed by atoms with Crippen LogP contribution in [0.1, 0.15) is 30.0 Å². The quantitative estimate of drug-likeness (QED) is 0.829. The van der Waals surface area contributed by atoms with Crippen LogP contribution in [-0.2, 0) is 6.42 Å². The molecule has 19 heavy (non-hydrogen) atoms. The Balaban J connectivity index is 2.14. The van der Waals surface area contributed by atoms with Crippen LogP contribution in [0.4, 0.5) is 0 Å². The van der Waals surface area contributed by atoms with Crippen LogP contribution in [0.2, 0.25) is 0 Å². The van der Waals surface area contributed by atoms with Gasteiger partial charge in [-0.3, -0.25) is 0 Å². The van der Waals surface area contributed by atoms with Gasteiger partial charge in [0.15, 0.2) is 0 Å². The third-order valence-corrected chi connectivity index (χ3v) is 3.07. The summed E-state index contributed by atoms with van der Waals surface area (Å²) in [6.45, 7) is 2.11. The highest BCUT2D eigenvalue weighted by Gasteiger charge is 2.01. The van der Waals surface area contributed by atoms with Crippen molar-refractivity contribution in [3.63, 3.8) is 0 Å². The van der Waals surface area contributed by atoms with E-state index in [0.29, 0.717) is 0 Å². The van der Waals surface area contributed by atoms with Crippen molar-refractivity contribution in [1.82, 2.24) is 0 Å². The van der Waals surface area contributed by atoms with Gasteiger partial charge >= 0.3 is 0 Å². The minimum atomic E-state index is 0.234. The Bertz CT molecular complexity index is 575. The molecule has 0 aromatic heterocycles. The summed E-state index contributed by atoms with van der Waals surface area (Å²) in [6.07, 6.45) is 1.91. The SMILES string of the molecule is CCC(N)Cc1cccc(C#Cc2ccccc2)c1. The number of hydrogen-bond donors (Lipinski definition) is 1. The van der Waals surface area contributed by atoms with E-state index in [-0.39, 0.29) is 6.04 Å². The maximum Gasteiger partial charge on any atom is 0.0251 e. The second kappa shape index (κ2) is 6.78. The van der Waals surface area contributed by atoms with Crippen LogP contribution in [0.3, 0.4) is 0 Å². The van der Waals surface area contributed by atoms with Gasteiger partial charge in [-0.2, -0.15) is 0 Å². The van der Waals surface area contributed by atoms with E-state index in [4.69, 9.17) is 5.73 Å². The van der Waals surface area contributed by atoms with Crippen LogP contribution in [0.15, 0.2) is 54.6 Å². The molecule has 0 spiro atoms. The first-order chi connectivity index (χ1) is 9.28. The molecular formula is C18H19N. The first-order valence-corrected chi connectivity index (χ1v) is 6.69. The Labute approximate surface area is 115 Å². The van der Waals surface area contributed by atoms with Crippen LogP contribution in [0.25, 0.3) is 0 Å². The molecule has 0 aliphatic rings. The largest absolute Gasteiger partial charge is 0.327 e. The molecule has 0 radical (unpaired) electrons. The molecule has 2 aromatic carbocycles. The molecule has 2 rings (SSSR count). The van der Waals surface area contributed by atoms with Crippen molar-refractivity contribution in [2.75, 3.05) is 0 Å². The fourth-order valence-corrected chi connectivity index (χ4v) is 1.89. The Hall–Kier alpha value is -2.04. The lowest BCUT2D eigenvalue weighted by atomic mass is 10.0. The standard InChI is InChI=1S/C18H19N/c1-2-18(19)14-17-10-6-9-16(13-17)12-11-15-7-4-3-5-8-15/h3-10,13,18H,2,14,19H2,1H3. The van der Waals surface area contributed by atoms with Gasteiger partial charge in [-0.25, -0.2) is 0 Å². The highest BCUT2D eigenvalue weighted by molar-refractivity contribution is 5.43. The average molecular weight is 249 g/mol. The lowest BCUT2D eigenvalue weighted by Gasteiger charge is -2.08. The van der Waals surface area contributed by atoms with Crippen molar-refractivity contribution in [2.24, 2.45) is 5.73 Å². The summed E-state index contributed by atoms with van der Waals surface area (Å²) in [5.41, 5.74) is 9.33. The van der Waals surface area contributed by atoms with Crippen LogP contribution in [-0.4, -0.2) is 6.04 Å². The fourth-order valence-electron chi connectivity index (χ4n) is 1.89. The third-order valence-electron chi connectivity index (χ3n) is 3.07. The predicted molar refractivity (Wildman–Crippen MR) is 80.8 cm³/mol. The van der Waals surface area contributed by atoms with Gasteiger partial charge in [-0.15, -0.1) is 0 Å². The Kier molecular flexibility index (Phi) is 4.78. The maximum absolute atomic E-state index is 5.98. The third kappa shape index (κ3) is 4.28. The minimum absolute atomic E-state index is 0.234. The second-order valence-electron chi connectivity index (χ2n) is 4.69. The van der Waals surface area contributed by atoms with Crippen molar-refractivity contribution in [1.29, 1.82) is 0 Å². The molecule has 1 atom stereocenters. The number of rotatable bonds is 3. The van der Waals surface area contributed by atoms with E-state index in [2.05, 4.69) is 30.9 Å². The summed E-state index contributed by atoms with van der Waals surface area (Å²) in [5.74, 6) is 6.38. The normalized spacial score (nSPS) is 11.5. The van der Waals surface area contributed by atoms with Crippen molar-refractivity contribution in [3.05, 3.63) is 71.3 Å². The number of benzene rings is 2. The van der Waals surface area contributed by atoms with Gasteiger partial charge in [0.05, 0.1) is 0 Å². The Morgan fingerprint density at radius 3 is 2.37 bits per heavy atom. The monoisotopic (exact) mass is 249 g/mol. The van der Waals surface area contributed by atoms with Crippen LogP contribution in [0, 0.1) is 11.8 Å². The Morgan fingerprint density at radius 2 is 1.63 bits per heavy atom. The molecule has 2 N–H and O–H groups in total. The van der Waals surface area contributed by atoms with Gasteiger partial charge < -0.3 is 5.73 Å². The number of hydrogen-bond acceptors (Lipinski definition) is 1. The Morgan fingerprint density at radius 1 is 0.947 bits per heavy atom. The molecule has 1 nitrogen and oxygen atoms in total. The van der Waals surface area contributed by atoms with E-state index in [9.17, 15) is 0 Å². The maximum atomic E-state index is 5.98. The first-order valence-electron chi connectivity index (χ1n) is 6.69. The van der Waals surface area contributed by atoms with Gasteiger partial charge in [0.1, 0.15) is 0 Å². The molecule has 0 aliphatic heterocycles. The van der Waals surface area contributed by atoms with Crippen molar-refractivity contribution in [3.8, 4) is 11.8 Å². The zero-order valence-corrected chi connectivity index (χ0v) is 11.3. The summed E-state index contributed by atoms with van der Waals surface area (Å²) in [6, 6.07) is 18.6. The molecule has 96 valence electrons. The molecular weight excluding hydrogens is 230 g/mol. The van der Waals surface area contributed by atoms with Crippen molar-refractivity contribution < 1.29 is 0 Å². The molecule has 1 unspecified atom stereocenters. The van der Waals surface area contributed by atoms with Gasteiger partial charge in [-0.1, -0.05) is 49.1 Å². The smallest absolute Gasteiger partial charge is 0.0251 e. The minimum Gasteiger partial charge on any atom is -0.327 e. The van der Waals surface area contributed by atoms with Crippen molar-refractivity contribution in [2.45, 2.75) is 25.8 Å². The average Bonchev–Trinajstić information content (AvgIpc) is 2.46. The molecule has 0 aliphatic carbocycles. The van der Waals surface area contributed by atoms with E-state index < -0.39 is 0 Å². The van der Waals surface area contributed by atoms with Gasteiger partial charge in [0.25, 0.3) is 0 Å². The molecule has 1 heteroatoms. The molecule has 2 aromatic rings. The molecule has 0 amide bonds. The van der Waals surface area contributed by atoms with Crippen LogP contribution < -0.4 is 5.73 Å². The summed E-state index contributed by atoms with van der Waals surface area (Å²) in [7, 11) is 0. The van der Waals surface area contributed by atoms with E-state index in [1.54, 1.807) is 0 Å². The molecule has 0 saturated carbocycles. The molecule has 0 saturated heterocycles. The highest BCUT2D eigenvalue weighted by atomic mass is 14.6. The zero-order chi connectivity index (χ0) is 13.5. The summed E-state index contributed by atoms with van der Waals surface area (Å²) < 4.78 is 0. The van der Waals surface area contributed by atoms with Crippen LogP contribution in [0.5, 0.6) is 0 Å². The fraction of sp³-hybridized carbons (Fsp3) is 0.222. The van der Waals surface area contributed by atoms with Gasteiger partial charge in [-0.05, 0) is 42.7 Å². The van der Waals surface area contributed by atoms with Gasteiger partial charge in [0.2, 0.25) is 0 Å². The van der Waals surface area contributed by atoms with Crippen LogP contribution >= 0.6 is 0 Å². The first kappa shape index (κ1) is 13.4. The molecule has 0 heterocycles. The van der Waals surface area contributed by atoms with E-state index in [1.807, 2.05) is 42.5 Å². The lowest BCUT2D eigenvalue weighted by Crippen LogP contribution is -2.21.